The summed E-state index contributed by atoms with van der Waals surface area (Å²) in [6, 6.07) is 14.6. The Kier molecular flexibility index (Phi) is 9.45. The first-order valence-corrected chi connectivity index (χ1v) is 10.4. The molecule has 5 nitrogen and oxygen atoms in total. The third-order valence-corrected chi connectivity index (χ3v) is 5.05. The summed E-state index contributed by atoms with van der Waals surface area (Å²) in [4.78, 5) is 4.45. The number of hydrogen-bond acceptors (Lipinski definition) is 5. The smallest absolute Gasteiger partial charge is 0.161 e. The first kappa shape index (κ1) is 23.2. The maximum Gasteiger partial charge on any atom is 0.161 e. The van der Waals surface area contributed by atoms with Gasteiger partial charge in [-0.3, -0.25) is 4.90 Å². The molecule has 0 aliphatic heterocycles. The topological polar surface area (TPSA) is 45.2 Å². The highest BCUT2D eigenvalue weighted by molar-refractivity contribution is 5.43. The maximum absolute atomic E-state index is 10.3. The molecule has 0 spiro atoms. The predicted molar refractivity (Wildman–Crippen MR) is 119 cm³/mol. The fourth-order valence-corrected chi connectivity index (χ4v) is 3.32. The van der Waals surface area contributed by atoms with Crippen LogP contribution >= 0.6 is 0 Å². The number of ether oxygens (including phenoxy) is 2. The quantitative estimate of drug-likeness (QED) is 0.588. The number of aliphatic hydroxyl groups excluding tert-OH is 1. The van der Waals surface area contributed by atoms with E-state index in [4.69, 9.17) is 9.47 Å². The van der Waals surface area contributed by atoms with E-state index in [0.29, 0.717) is 18.0 Å². The number of nitrogens with zero attached hydrogens (tertiary/aromatic N) is 2. The molecule has 5 heteroatoms. The van der Waals surface area contributed by atoms with Gasteiger partial charge in [-0.1, -0.05) is 49.7 Å². The molecule has 160 valence electrons. The van der Waals surface area contributed by atoms with Crippen LogP contribution in [-0.2, 0) is 13.1 Å². The normalized spacial score (nSPS) is 12.4. The molecule has 0 heterocycles. The highest BCUT2D eigenvalue weighted by atomic mass is 16.5. The minimum absolute atomic E-state index is 0.246. The Morgan fingerprint density at radius 1 is 0.931 bits per heavy atom. The Bertz CT molecular complexity index is 729. The van der Waals surface area contributed by atoms with Crippen molar-refractivity contribution in [3.05, 3.63) is 59.2 Å². The molecule has 1 atom stereocenters. The third-order valence-electron chi connectivity index (χ3n) is 5.05. The van der Waals surface area contributed by atoms with Crippen LogP contribution in [0.3, 0.4) is 0 Å². The lowest BCUT2D eigenvalue weighted by Crippen LogP contribution is -2.35. The molecule has 0 amide bonds. The van der Waals surface area contributed by atoms with Crippen molar-refractivity contribution in [2.75, 3.05) is 40.4 Å². The summed E-state index contributed by atoms with van der Waals surface area (Å²) in [7, 11) is 3.75. The van der Waals surface area contributed by atoms with Crippen LogP contribution in [-0.4, -0.2) is 61.4 Å². The molecular formula is C24H36N2O3. The highest BCUT2D eigenvalue weighted by Crippen LogP contribution is 2.29. The van der Waals surface area contributed by atoms with E-state index in [1.807, 2.05) is 12.1 Å². The molecule has 2 rings (SSSR count). The zero-order valence-corrected chi connectivity index (χ0v) is 18.5. The summed E-state index contributed by atoms with van der Waals surface area (Å²) in [5, 5.41) is 10.3. The molecule has 2 aromatic carbocycles. The molecule has 0 aliphatic carbocycles. The fraction of sp³-hybridized carbons (Fsp3) is 0.500. The zero-order valence-electron chi connectivity index (χ0n) is 18.5. The molecule has 1 N–H and O–H groups in total. The second-order valence-electron chi connectivity index (χ2n) is 7.59. The van der Waals surface area contributed by atoms with Gasteiger partial charge in [-0.05, 0) is 50.3 Å². The summed E-state index contributed by atoms with van der Waals surface area (Å²) < 4.78 is 11.4. The lowest BCUT2D eigenvalue weighted by Gasteiger charge is -2.22. The van der Waals surface area contributed by atoms with Crippen molar-refractivity contribution in [2.45, 2.75) is 40.0 Å². The van der Waals surface area contributed by atoms with Crippen LogP contribution in [0.2, 0.25) is 0 Å². The van der Waals surface area contributed by atoms with E-state index in [1.54, 1.807) is 7.11 Å². The van der Waals surface area contributed by atoms with Crippen LogP contribution in [0.5, 0.6) is 11.5 Å². The first-order chi connectivity index (χ1) is 13.9. The molecule has 0 aliphatic rings. The Hall–Kier alpha value is -2.08. The lowest BCUT2D eigenvalue weighted by atomic mass is 10.1. The monoisotopic (exact) mass is 400 g/mol. The SMILES string of the molecule is CCN(CC)CC(O)COc1cc(CN(C)Cc2ccc(C)cc2)ccc1OC. The molecule has 0 fully saturated rings. The van der Waals surface area contributed by atoms with Gasteiger partial charge in [0.15, 0.2) is 11.5 Å². The Morgan fingerprint density at radius 3 is 2.17 bits per heavy atom. The molecule has 2 aromatic rings. The van der Waals surface area contributed by atoms with E-state index in [1.165, 1.54) is 11.1 Å². The van der Waals surface area contributed by atoms with Crippen LogP contribution in [0.4, 0.5) is 0 Å². The van der Waals surface area contributed by atoms with Crippen LogP contribution in [0.15, 0.2) is 42.5 Å². The maximum atomic E-state index is 10.3. The molecule has 1 unspecified atom stereocenters. The van der Waals surface area contributed by atoms with E-state index >= 15 is 0 Å². The largest absolute Gasteiger partial charge is 0.493 e. The number of aliphatic hydroxyl groups is 1. The van der Waals surface area contributed by atoms with E-state index in [0.717, 1.165) is 31.7 Å². The summed E-state index contributed by atoms with van der Waals surface area (Å²) >= 11 is 0. The van der Waals surface area contributed by atoms with Gasteiger partial charge >= 0.3 is 0 Å². The van der Waals surface area contributed by atoms with Gasteiger partial charge in [-0.25, -0.2) is 0 Å². The predicted octanol–water partition coefficient (Wildman–Crippen LogP) is 3.72. The standard InChI is InChI=1S/C24H36N2O3/c1-6-26(7-2)17-22(27)18-29-24-14-21(12-13-23(24)28-5)16-25(4)15-20-10-8-19(3)9-11-20/h8-14,22,27H,6-7,15-18H2,1-5H3. The van der Waals surface area contributed by atoms with Gasteiger partial charge < -0.3 is 19.5 Å². The summed E-state index contributed by atoms with van der Waals surface area (Å²) in [5.41, 5.74) is 3.72. The van der Waals surface area contributed by atoms with Crippen molar-refractivity contribution < 1.29 is 14.6 Å². The fourth-order valence-electron chi connectivity index (χ4n) is 3.32. The first-order valence-electron chi connectivity index (χ1n) is 10.4. The summed E-state index contributed by atoms with van der Waals surface area (Å²) in [6.45, 7) is 10.7. The van der Waals surface area contributed by atoms with Gasteiger partial charge in [0.25, 0.3) is 0 Å². The van der Waals surface area contributed by atoms with Crippen molar-refractivity contribution >= 4 is 0 Å². The molecular weight excluding hydrogens is 364 g/mol. The van der Waals surface area contributed by atoms with Crippen molar-refractivity contribution in [2.24, 2.45) is 0 Å². The number of methoxy groups -OCH3 is 1. The minimum Gasteiger partial charge on any atom is -0.493 e. The van der Waals surface area contributed by atoms with Crippen molar-refractivity contribution in [1.29, 1.82) is 0 Å². The van der Waals surface area contributed by atoms with Crippen LogP contribution < -0.4 is 9.47 Å². The van der Waals surface area contributed by atoms with Crippen molar-refractivity contribution in [1.82, 2.24) is 9.80 Å². The van der Waals surface area contributed by atoms with Gasteiger partial charge in [0.1, 0.15) is 12.7 Å². The van der Waals surface area contributed by atoms with Gasteiger partial charge in [0.2, 0.25) is 0 Å². The van der Waals surface area contributed by atoms with Crippen LogP contribution in [0, 0.1) is 6.92 Å². The van der Waals surface area contributed by atoms with E-state index in [2.05, 4.69) is 68.0 Å². The second kappa shape index (κ2) is 11.8. The Balaban J connectivity index is 1.97. The van der Waals surface area contributed by atoms with Gasteiger partial charge in [0, 0.05) is 19.6 Å². The molecule has 0 radical (unpaired) electrons. The molecule has 0 saturated carbocycles. The van der Waals surface area contributed by atoms with Gasteiger partial charge in [-0.15, -0.1) is 0 Å². The Morgan fingerprint density at radius 2 is 1.55 bits per heavy atom. The average molecular weight is 401 g/mol. The summed E-state index contributed by atoms with van der Waals surface area (Å²) in [6.07, 6.45) is -0.535. The third kappa shape index (κ3) is 7.69. The number of aryl methyl sites for hydroxylation is 1. The Labute approximate surface area is 175 Å². The summed E-state index contributed by atoms with van der Waals surface area (Å²) in [5.74, 6) is 1.36. The number of benzene rings is 2. The average Bonchev–Trinajstić information content (AvgIpc) is 2.72. The molecule has 0 aromatic heterocycles. The highest BCUT2D eigenvalue weighted by Gasteiger charge is 2.13. The lowest BCUT2D eigenvalue weighted by molar-refractivity contribution is 0.0705. The number of rotatable bonds is 12. The van der Waals surface area contributed by atoms with Crippen molar-refractivity contribution in [3.8, 4) is 11.5 Å². The van der Waals surface area contributed by atoms with Crippen LogP contribution in [0.1, 0.15) is 30.5 Å². The molecule has 0 saturated heterocycles. The van der Waals surface area contributed by atoms with Gasteiger partial charge in [-0.2, -0.15) is 0 Å². The zero-order chi connectivity index (χ0) is 21.2. The second-order valence-corrected chi connectivity index (χ2v) is 7.59. The van der Waals surface area contributed by atoms with Crippen molar-refractivity contribution in [3.63, 3.8) is 0 Å². The van der Waals surface area contributed by atoms with E-state index in [9.17, 15) is 5.11 Å². The molecule has 29 heavy (non-hydrogen) atoms. The van der Waals surface area contributed by atoms with Crippen LogP contribution in [0.25, 0.3) is 0 Å². The van der Waals surface area contributed by atoms with E-state index < -0.39 is 6.10 Å². The molecule has 0 bridgehead atoms. The van der Waals surface area contributed by atoms with Gasteiger partial charge in [0.05, 0.1) is 7.11 Å². The minimum atomic E-state index is -0.535. The number of likely N-dealkylation sites (N-methyl/N-ethyl adjacent to an activating group) is 1. The van der Waals surface area contributed by atoms with E-state index in [-0.39, 0.29) is 6.61 Å². The number of hydrogen-bond donors (Lipinski definition) is 1.